The van der Waals surface area contributed by atoms with Crippen LogP contribution in [0.15, 0.2) is 23.2 Å². The highest BCUT2D eigenvalue weighted by molar-refractivity contribution is 5.79. The van der Waals surface area contributed by atoms with Crippen molar-refractivity contribution < 1.29 is 8.78 Å². The summed E-state index contributed by atoms with van der Waals surface area (Å²) in [4.78, 5) is 6.55. The van der Waals surface area contributed by atoms with Crippen LogP contribution in [0.2, 0.25) is 0 Å². The normalized spacial score (nSPS) is 12.3. The van der Waals surface area contributed by atoms with Gasteiger partial charge in [0, 0.05) is 38.8 Å². The van der Waals surface area contributed by atoms with Gasteiger partial charge in [0.2, 0.25) is 0 Å². The number of aliphatic imine (C=N–C) groups is 1. The lowest BCUT2D eigenvalue weighted by molar-refractivity contribution is 0.178. The van der Waals surface area contributed by atoms with Crippen molar-refractivity contribution in [2.75, 3.05) is 26.7 Å². The van der Waals surface area contributed by atoms with E-state index in [1.807, 2.05) is 0 Å². The van der Waals surface area contributed by atoms with Gasteiger partial charge in [0.15, 0.2) is 17.6 Å². The molecule has 0 atom stereocenters. The van der Waals surface area contributed by atoms with Gasteiger partial charge in [-0.1, -0.05) is 12.1 Å². The fourth-order valence-corrected chi connectivity index (χ4v) is 2.69. The molecular formula is C18H30F2N4. The van der Waals surface area contributed by atoms with Gasteiger partial charge >= 0.3 is 0 Å². The topological polar surface area (TPSA) is 39.7 Å². The van der Waals surface area contributed by atoms with E-state index in [2.05, 4.69) is 48.2 Å². The van der Waals surface area contributed by atoms with Gasteiger partial charge in [-0.25, -0.2) is 8.78 Å². The second kappa shape index (κ2) is 10.2. The van der Waals surface area contributed by atoms with E-state index in [9.17, 15) is 8.78 Å². The Bertz CT molecular complexity index is 522. The molecule has 0 fully saturated rings. The maximum absolute atomic E-state index is 13.6. The molecule has 6 heteroatoms. The molecule has 24 heavy (non-hydrogen) atoms. The lowest BCUT2D eigenvalue weighted by atomic mass is 10.1. The van der Waals surface area contributed by atoms with E-state index in [1.165, 1.54) is 6.07 Å². The number of guanidine groups is 1. The SMILES string of the molecule is CN=C(NCCc1cccc(F)c1F)NCCN(C(C)C)C(C)C. The molecule has 1 aromatic rings. The smallest absolute Gasteiger partial charge is 0.191 e. The number of hydrogen-bond donors (Lipinski definition) is 2. The van der Waals surface area contributed by atoms with Gasteiger partial charge in [-0.2, -0.15) is 0 Å². The average molecular weight is 340 g/mol. The van der Waals surface area contributed by atoms with Crippen molar-refractivity contribution in [1.29, 1.82) is 0 Å². The van der Waals surface area contributed by atoms with Crippen LogP contribution in [0.4, 0.5) is 8.78 Å². The van der Waals surface area contributed by atoms with E-state index in [0.29, 0.717) is 36.6 Å². The third-order valence-electron chi connectivity index (χ3n) is 3.93. The Balaban J connectivity index is 2.39. The summed E-state index contributed by atoms with van der Waals surface area (Å²) < 4.78 is 26.8. The minimum Gasteiger partial charge on any atom is -0.356 e. The molecule has 2 N–H and O–H groups in total. The summed E-state index contributed by atoms with van der Waals surface area (Å²) in [5, 5.41) is 6.38. The first-order valence-corrected chi connectivity index (χ1v) is 8.50. The lowest BCUT2D eigenvalue weighted by Gasteiger charge is -2.30. The van der Waals surface area contributed by atoms with E-state index in [4.69, 9.17) is 0 Å². The molecule has 1 aromatic carbocycles. The van der Waals surface area contributed by atoms with Gasteiger partial charge in [-0.05, 0) is 45.7 Å². The zero-order chi connectivity index (χ0) is 18.1. The minimum atomic E-state index is -0.808. The van der Waals surface area contributed by atoms with Gasteiger partial charge in [0.1, 0.15) is 0 Å². The predicted octanol–water partition coefficient (Wildman–Crippen LogP) is 2.79. The monoisotopic (exact) mass is 340 g/mol. The van der Waals surface area contributed by atoms with Crippen LogP contribution < -0.4 is 10.6 Å². The Hall–Kier alpha value is -1.69. The molecule has 0 saturated carbocycles. The van der Waals surface area contributed by atoms with Gasteiger partial charge in [0.25, 0.3) is 0 Å². The van der Waals surface area contributed by atoms with Crippen molar-refractivity contribution in [2.24, 2.45) is 4.99 Å². The predicted molar refractivity (Wildman–Crippen MR) is 96.4 cm³/mol. The van der Waals surface area contributed by atoms with E-state index in [0.717, 1.165) is 19.2 Å². The summed E-state index contributed by atoms with van der Waals surface area (Å²) >= 11 is 0. The zero-order valence-electron chi connectivity index (χ0n) is 15.4. The van der Waals surface area contributed by atoms with Crippen molar-refractivity contribution in [3.05, 3.63) is 35.4 Å². The number of halogens is 2. The van der Waals surface area contributed by atoms with Crippen molar-refractivity contribution >= 4 is 5.96 Å². The van der Waals surface area contributed by atoms with Crippen molar-refractivity contribution in [3.63, 3.8) is 0 Å². The van der Waals surface area contributed by atoms with Crippen LogP contribution in [-0.4, -0.2) is 49.6 Å². The number of rotatable bonds is 8. The van der Waals surface area contributed by atoms with Crippen LogP contribution in [0.1, 0.15) is 33.3 Å². The number of benzene rings is 1. The molecule has 1 rings (SSSR count). The van der Waals surface area contributed by atoms with E-state index < -0.39 is 11.6 Å². The van der Waals surface area contributed by atoms with E-state index >= 15 is 0 Å². The molecule has 136 valence electrons. The molecule has 0 aliphatic carbocycles. The molecule has 0 saturated heterocycles. The van der Waals surface area contributed by atoms with E-state index in [-0.39, 0.29) is 0 Å². The summed E-state index contributed by atoms with van der Waals surface area (Å²) in [6, 6.07) is 5.21. The Kier molecular flexibility index (Phi) is 8.68. The highest BCUT2D eigenvalue weighted by atomic mass is 19.2. The standard InChI is InChI=1S/C18H30F2N4/c1-13(2)24(14(3)4)12-11-23-18(21-5)22-10-9-15-7-6-8-16(19)17(15)20/h6-8,13-14H,9-12H2,1-5H3,(H2,21,22,23). The van der Waals surface area contributed by atoms with Crippen LogP contribution in [0.5, 0.6) is 0 Å². The maximum Gasteiger partial charge on any atom is 0.191 e. The van der Waals surface area contributed by atoms with Crippen LogP contribution in [-0.2, 0) is 6.42 Å². The van der Waals surface area contributed by atoms with Crippen LogP contribution >= 0.6 is 0 Å². The first-order chi connectivity index (χ1) is 11.4. The minimum absolute atomic E-state index is 0.365. The Morgan fingerprint density at radius 2 is 1.71 bits per heavy atom. The van der Waals surface area contributed by atoms with Crippen LogP contribution in [0.25, 0.3) is 0 Å². The van der Waals surface area contributed by atoms with Crippen molar-refractivity contribution in [3.8, 4) is 0 Å². The summed E-state index contributed by atoms with van der Waals surface area (Å²) in [6.07, 6.45) is 0.397. The molecule has 0 radical (unpaired) electrons. The number of nitrogens with one attached hydrogen (secondary N) is 2. The summed E-state index contributed by atoms with van der Waals surface area (Å²) in [6.45, 7) is 10.9. The molecular weight excluding hydrogens is 310 g/mol. The summed E-state index contributed by atoms with van der Waals surface area (Å²) in [5.41, 5.74) is 0.365. The Morgan fingerprint density at radius 3 is 2.29 bits per heavy atom. The van der Waals surface area contributed by atoms with Gasteiger partial charge < -0.3 is 10.6 Å². The molecule has 0 aliphatic rings. The highest BCUT2D eigenvalue weighted by Gasteiger charge is 2.12. The quantitative estimate of drug-likeness (QED) is 0.565. The first kappa shape index (κ1) is 20.4. The van der Waals surface area contributed by atoms with Crippen molar-refractivity contribution in [2.45, 2.75) is 46.2 Å². The Morgan fingerprint density at radius 1 is 1.08 bits per heavy atom. The van der Waals surface area contributed by atoms with Gasteiger partial charge in [-0.15, -0.1) is 0 Å². The van der Waals surface area contributed by atoms with Crippen LogP contribution in [0, 0.1) is 11.6 Å². The number of hydrogen-bond acceptors (Lipinski definition) is 2. The van der Waals surface area contributed by atoms with Crippen molar-refractivity contribution in [1.82, 2.24) is 15.5 Å². The molecule has 0 spiro atoms. The molecule has 0 aromatic heterocycles. The molecule has 0 aliphatic heterocycles. The first-order valence-electron chi connectivity index (χ1n) is 8.50. The molecule has 0 amide bonds. The Labute approximate surface area is 144 Å². The lowest BCUT2D eigenvalue weighted by Crippen LogP contribution is -2.45. The highest BCUT2D eigenvalue weighted by Crippen LogP contribution is 2.11. The maximum atomic E-state index is 13.6. The third kappa shape index (κ3) is 6.43. The second-order valence-electron chi connectivity index (χ2n) is 6.31. The summed E-state index contributed by atoms with van der Waals surface area (Å²) in [5.74, 6) is -0.913. The van der Waals surface area contributed by atoms with Gasteiger partial charge in [-0.3, -0.25) is 9.89 Å². The largest absolute Gasteiger partial charge is 0.356 e. The average Bonchev–Trinajstić information content (AvgIpc) is 2.52. The molecule has 0 bridgehead atoms. The summed E-state index contributed by atoms with van der Waals surface area (Å²) in [7, 11) is 1.70. The molecule has 4 nitrogen and oxygen atoms in total. The zero-order valence-corrected chi connectivity index (χ0v) is 15.4. The fraction of sp³-hybridized carbons (Fsp3) is 0.611. The van der Waals surface area contributed by atoms with Gasteiger partial charge in [0.05, 0.1) is 0 Å². The van der Waals surface area contributed by atoms with E-state index in [1.54, 1.807) is 13.1 Å². The second-order valence-corrected chi connectivity index (χ2v) is 6.31. The van der Waals surface area contributed by atoms with Crippen LogP contribution in [0.3, 0.4) is 0 Å². The molecule has 0 heterocycles. The fourth-order valence-electron chi connectivity index (χ4n) is 2.69. The number of nitrogens with zero attached hydrogens (tertiary/aromatic N) is 2. The third-order valence-corrected chi connectivity index (χ3v) is 3.93. The molecule has 0 unspecified atom stereocenters.